The first kappa shape index (κ1) is 28.9. The van der Waals surface area contributed by atoms with Gasteiger partial charge in [-0.05, 0) is 31.0 Å². The predicted octanol–water partition coefficient (Wildman–Crippen LogP) is -0.251. The van der Waals surface area contributed by atoms with Gasteiger partial charge in [-0.15, -0.1) is 0 Å². The van der Waals surface area contributed by atoms with Crippen LogP contribution in [0.5, 0.6) is 11.5 Å². The summed E-state index contributed by atoms with van der Waals surface area (Å²) in [5.74, 6) is -1.66. The van der Waals surface area contributed by atoms with Gasteiger partial charge in [-0.1, -0.05) is 0 Å². The van der Waals surface area contributed by atoms with Gasteiger partial charge in [-0.3, -0.25) is 13.7 Å². The van der Waals surface area contributed by atoms with Gasteiger partial charge >= 0.3 is 37.2 Å². The molecule has 16 nitrogen and oxygen atoms in total. The third-order valence-electron chi connectivity index (χ3n) is 3.31. The molecule has 0 saturated heterocycles. The second-order valence-corrected chi connectivity index (χ2v) is 9.17. The third-order valence-corrected chi connectivity index (χ3v) is 4.72. The van der Waals surface area contributed by atoms with Crippen LogP contribution in [0.4, 0.5) is 0 Å². The van der Waals surface area contributed by atoms with E-state index in [0.29, 0.717) is 0 Å². The zero-order valence-electron chi connectivity index (χ0n) is 16.5. The molecule has 0 bridgehead atoms. The number of benzene rings is 1. The Labute approximate surface area is 188 Å². The summed E-state index contributed by atoms with van der Waals surface area (Å²) < 4.78 is 112. The van der Waals surface area contributed by atoms with Crippen molar-refractivity contribution in [2.24, 2.45) is 0 Å². The van der Waals surface area contributed by atoms with E-state index in [0.717, 1.165) is 6.07 Å². The fourth-order valence-corrected chi connectivity index (χ4v) is 3.18. The molecule has 19 heteroatoms. The van der Waals surface area contributed by atoms with Crippen molar-refractivity contribution in [3.63, 3.8) is 0 Å². The van der Waals surface area contributed by atoms with Crippen molar-refractivity contribution in [1.82, 2.24) is 0 Å². The maximum Gasteiger partial charge on any atom is 0.397 e. The minimum Gasteiger partial charge on any atom is -0.493 e. The van der Waals surface area contributed by atoms with Crippen molar-refractivity contribution in [3.8, 4) is 11.5 Å². The Morgan fingerprint density at radius 2 is 1.42 bits per heavy atom. The van der Waals surface area contributed by atoms with Crippen molar-refractivity contribution < 1.29 is 70.8 Å². The summed E-state index contributed by atoms with van der Waals surface area (Å²) in [7, 11) is -14.6. The smallest absolute Gasteiger partial charge is 0.397 e. The Balaban J connectivity index is 2.75. The molecule has 1 aromatic rings. The lowest BCUT2D eigenvalue weighted by atomic mass is 10.2. The fraction of sp³-hybridized carbons (Fsp3) is 0.500. The van der Waals surface area contributed by atoms with Gasteiger partial charge in [0.25, 0.3) is 0 Å². The molecule has 0 aliphatic heterocycles. The molecular formula is C14H20O16S3. The Kier molecular flexibility index (Phi) is 10.9. The van der Waals surface area contributed by atoms with E-state index in [2.05, 4.69) is 12.5 Å². The molecule has 1 aromatic carbocycles. The number of ether oxygens (including phenoxy) is 2. The lowest BCUT2D eigenvalue weighted by Gasteiger charge is -2.16. The van der Waals surface area contributed by atoms with Gasteiger partial charge < -0.3 is 14.6 Å². The molecule has 0 heterocycles. The van der Waals surface area contributed by atoms with E-state index in [1.165, 1.54) is 12.1 Å². The highest BCUT2D eigenvalue weighted by molar-refractivity contribution is 7.81. The van der Waals surface area contributed by atoms with Crippen molar-refractivity contribution >= 4 is 37.2 Å². The van der Waals surface area contributed by atoms with Crippen LogP contribution < -0.4 is 9.47 Å². The summed E-state index contributed by atoms with van der Waals surface area (Å²) in [5.41, 5.74) is -0.372. The Bertz CT molecular complexity index is 1110. The Morgan fingerprint density at radius 1 is 0.818 bits per heavy atom. The van der Waals surface area contributed by atoms with Crippen LogP contribution in [0, 0.1) is 0 Å². The SMILES string of the molecule is O=C(O)c1cc(OC[C@@H](COS(=O)(=O)O)OS(=O)(=O)O)ccc1OCCCCOS(=O)(=O)O. The molecule has 0 amide bonds. The van der Waals surface area contributed by atoms with Crippen molar-refractivity contribution in [3.05, 3.63) is 23.8 Å². The van der Waals surface area contributed by atoms with Crippen LogP contribution in [0.1, 0.15) is 23.2 Å². The zero-order chi connectivity index (χ0) is 25.3. The molecule has 0 aliphatic carbocycles. The first-order chi connectivity index (χ1) is 15.1. The molecule has 0 fully saturated rings. The molecule has 0 aliphatic rings. The average molecular weight is 540 g/mol. The van der Waals surface area contributed by atoms with Crippen molar-refractivity contribution in [2.75, 3.05) is 26.4 Å². The second-order valence-electron chi connectivity index (χ2n) is 5.94. The van der Waals surface area contributed by atoms with E-state index in [1.807, 2.05) is 0 Å². The lowest BCUT2D eigenvalue weighted by molar-refractivity contribution is 0.0686. The molecular weight excluding hydrogens is 520 g/mol. The highest BCUT2D eigenvalue weighted by atomic mass is 32.3. The van der Waals surface area contributed by atoms with Crippen molar-refractivity contribution in [1.29, 1.82) is 0 Å². The summed E-state index contributed by atoms with van der Waals surface area (Å²) in [6.07, 6.45) is -1.32. The van der Waals surface area contributed by atoms with Crippen LogP contribution in [-0.4, -0.2) is 82.5 Å². The van der Waals surface area contributed by atoms with Gasteiger partial charge in [0, 0.05) is 0 Å². The minimum absolute atomic E-state index is 0.0352. The minimum atomic E-state index is -5.06. The number of hydrogen-bond acceptors (Lipinski definition) is 12. The third kappa shape index (κ3) is 13.9. The van der Waals surface area contributed by atoms with Crippen LogP contribution in [-0.2, 0) is 43.7 Å². The largest absolute Gasteiger partial charge is 0.493 e. The summed E-state index contributed by atoms with van der Waals surface area (Å²) in [5, 5.41) is 9.32. The molecule has 0 radical (unpaired) electrons. The highest BCUT2D eigenvalue weighted by Gasteiger charge is 2.22. The molecule has 0 spiro atoms. The summed E-state index contributed by atoms with van der Waals surface area (Å²) in [6.45, 7) is -2.16. The number of unbranched alkanes of at least 4 members (excludes halogenated alkanes) is 1. The predicted molar refractivity (Wildman–Crippen MR) is 105 cm³/mol. The summed E-state index contributed by atoms with van der Waals surface area (Å²) in [4.78, 5) is 11.5. The molecule has 190 valence electrons. The van der Waals surface area contributed by atoms with E-state index >= 15 is 0 Å². The van der Waals surface area contributed by atoms with Crippen molar-refractivity contribution in [2.45, 2.75) is 18.9 Å². The average Bonchev–Trinajstić information content (AvgIpc) is 2.64. The van der Waals surface area contributed by atoms with Crippen LogP contribution in [0.3, 0.4) is 0 Å². The molecule has 0 unspecified atom stereocenters. The van der Waals surface area contributed by atoms with Crippen LogP contribution in [0.2, 0.25) is 0 Å². The van der Waals surface area contributed by atoms with E-state index < -0.39 is 56.5 Å². The quantitative estimate of drug-likeness (QED) is 0.156. The number of carboxylic acid groups (broad SMARTS) is 1. The first-order valence-electron chi connectivity index (χ1n) is 8.58. The molecule has 1 atom stereocenters. The summed E-state index contributed by atoms with van der Waals surface area (Å²) >= 11 is 0. The Morgan fingerprint density at radius 3 is 1.97 bits per heavy atom. The number of carboxylic acids is 1. The molecule has 0 saturated carbocycles. The van der Waals surface area contributed by atoms with E-state index in [9.17, 15) is 35.2 Å². The number of aromatic carboxylic acids is 1. The second kappa shape index (κ2) is 12.4. The van der Waals surface area contributed by atoms with Gasteiger partial charge in [0.15, 0.2) is 0 Å². The van der Waals surface area contributed by atoms with Gasteiger partial charge in [0.1, 0.15) is 29.8 Å². The lowest BCUT2D eigenvalue weighted by Crippen LogP contribution is -2.30. The monoisotopic (exact) mass is 540 g/mol. The molecule has 0 aromatic heterocycles. The number of rotatable bonds is 16. The zero-order valence-corrected chi connectivity index (χ0v) is 18.9. The van der Waals surface area contributed by atoms with Crippen LogP contribution in [0.25, 0.3) is 0 Å². The number of hydrogen-bond donors (Lipinski definition) is 4. The maximum atomic E-state index is 11.5. The Hall–Kier alpha value is -2.10. The highest BCUT2D eigenvalue weighted by Crippen LogP contribution is 2.25. The van der Waals surface area contributed by atoms with Gasteiger partial charge in [-0.25, -0.2) is 17.3 Å². The fourth-order valence-electron chi connectivity index (χ4n) is 2.07. The topological polar surface area (TPSA) is 247 Å². The van der Waals surface area contributed by atoms with E-state index in [1.54, 1.807) is 0 Å². The molecule has 33 heavy (non-hydrogen) atoms. The molecule has 1 rings (SSSR count). The van der Waals surface area contributed by atoms with Gasteiger partial charge in [-0.2, -0.15) is 25.3 Å². The van der Waals surface area contributed by atoms with E-state index in [4.69, 9.17) is 23.1 Å². The first-order valence-corrected chi connectivity index (χ1v) is 12.7. The standard InChI is InChI=1S/C14H20O16S3/c15-14(16)12-7-10(3-4-13(12)26-5-1-2-6-28-31(17,18)19)27-8-11(30-33(23,24)25)9-29-32(20,21)22/h3-4,7,11H,1-2,5-6,8-9H2,(H,15,16)(H,17,18,19)(H,20,21,22)(H,23,24,25)/t11-/m0/s1. The van der Waals surface area contributed by atoms with Gasteiger partial charge in [0.2, 0.25) is 0 Å². The maximum absolute atomic E-state index is 11.5. The number of carbonyl (C=O) groups is 1. The van der Waals surface area contributed by atoms with Crippen LogP contribution >= 0.6 is 0 Å². The summed E-state index contributed by atoms with van der Waals surface area (Å²) in [6, 6.07) is 3.41. The van der Waals surface area contributed by atoms with Gasteiger partial charge in [0.05, 0.1) is 19.8 Å². The van der Waals surface area contributed by atoms with Crippen LogP contribution in [0.15, 0.2) is 18.2 Å². The molecule has 4 N–H and O–H groups in total. The van der Waals surface area contributed by atoms with E-state index in [-0.39, 0.29) is 43.1 Å². The normalized spacial score (nSPS) is 13.4.